The van der Waals surface area contributed by atoms with E-state index in [1.54, 1.807) is 36.4 Å². The number of hydrogen-bond donors (Lipinski definition) is 1. The largest absolute Gasteiger partial charge is 0.364 e. The molecule has 64 valence electrons. The van der Waals surface area contributed by atoms with E-state index < -0.39 is 5.60 Å². The summed E-state index contributed by atoms with van der Waals surface area (Å²) in [6.45, 7) is 0. The molecule has 0 aliphatic carbocycles. The third-order valence-corrected chi connectivity index (χ3v) is 1.67. The van der Waals surface area contributed by atoms with Crippen molar-refractivity contribution in [3.63, 3.8) is 0 Å². The molecule has 0 fully saturated rings. The molecule has 0 heterocycles. The molecule has 0 radical (unpaired) electrons. The van der Waals surface area contributed by atoms with E-state index in [1.807, 2.05) is 6.07 Å². The minimum absolute atomic E-state index is 0.0425. The summed E-state index contributed by atoms with van der Waals surface area (Å²) in [5.74, 6) is 0. The van der Waals surface area contributed by atoms with Crippen LogP contribution in [0.2, 0.25) is 0 Å². The third kappa shape index (κ3) is 2.30. The first kappa shape index (κ1) is 9.25. The summed E-state index contributed by atoms with van der Waals surface area (Å²) >= 11 is 0. The van der Waals surface area contributed by atoms with Crippen LogP contribution in [-0.4, -0.2) is 10.7 Å². The van der Waals surface area contributed by atoms with E-state index in [0.717, 1.165) is 5.56 Å². The Kier molecular flexibility index (Phi) is 2.64. The van der Waals surface area contributed by atoms with Gasteiger partial charge >= 0.3 is 0 Å². The highest BCUT2D eigenvalue weighted by Gasteiger charge is 2.26. The van der Waals surface area contributed by atoms with Gasteiger partial charge in [-0.3, -0.25) is 0 Å². The summed E-state index contributed by atoms with van der Waals surface area (Å²) in [4.78, 5) is 0. The first-order chi connectivity index (χ1) is 6.20. The molecule has 0 unspecified atom stereocenters. The lowest BCUT2D eigenvalue weighted by Gasteiger charge is -2.09. The van der Waals surface area contributed by atoms with Crippen molar-refractivity contribution in [1.29, 1.82) is 10.5 Å². The molecule has 0 spiro atoms. The zero-order valence-electron chi connectivity index (χ0n) is 6.94. The third-order valence-electron chi connectivity index (χ3n) is 1.67. The van der Waals surface area contributed by atoms with Crippen LogP contribution in [0.1, 0.15) is 5.56 Å². The molecule has 1 N–H and O–H groups in total. The molecule has 1 rings (SSSR count). The van der Waals surface area contributed by atoms with E-state index >= 15 is 0 Å². The number of rotatable bonds is 2. The molecular weight excluding hydrogens is 164 g/mol. The van der Waals surface area contributed by atoms with Gasteiger partial charge in [-0.1, -0.05) is 30.3 Å². The van der Waals surface area contributed by atoms with Gasteiger partial charge < -0.3 is 5.11 Å². The van der Waals surface area contributed by atoms with Gasteiger partial charge in [-0.25, -0.2) is 0 Å². The number of benzene rings is 1. The van der Waals surface area contributed by atoms with Crippen LogP contribution in [0.25, 0.3) is 0 Å². The SMILES string of the molecule is N#CC(O)(C#N)Cc1ccccc1. The van der Waals surface area contributed by atoms with E-state index in [-0.39, 0.29) is 6.42 Å². The van der Waals surface area contributed by atoms with E-state index in [2.05, 4.69) is 0 Å². The second kappa shape index (κ2) is 3.71. The van der Waals surface area contributed by atoms with Crippen LogP contribution in [0, 0.1) is 22.7 Å². The predicted molar refractivity (Wildman–Crippen MR) is 46.3 cm³/mol. The van der Waals surface area contributed by atoms with E-state index in [0.29, 0.717) is 0 Å². The minimum Gasteiger partial charge on any atom is -0.364 e. The second-order valence-corrected chi connectivity index (χ2v) is 2.75. The Balaban J connectivity index is 2.83. The summed E-state index contributed by atoms with van der Waals surface area (Å²) in [7, 11) is 0. The quantitative estimate of drug-likeness (QED) is 0.677. The number of hydrogen-bond acceptors (Lipinski definition) is 3. The second-order valence-electron chi connectivity index (χ2n) is 2.75. The van der Waals surface area contributed by atoms with Gasteiger partial charge in [0.15, 0.2) is 0 Å². The topological polar surface area (TPSA) is 67.8 Å². The van der Waals surface area contributed by atoms with Gasteiger partial charge in [-0.05, 0) is 5.56 Å². The number of nitriles is 2. The maximum Gasteiger partial charge on any atom is 0.242 e. The van der Waals surface area contributed by atoms with Gasteiger partial charge in [0.1, 0.15) is 12.1 Å². The fraction of sp³-hybridized carbons (Fsp3) is 0.200. The smallest absolute Gasteiger partial charge is 0.242 e. The Morgan fingerprint density at radius 3 is 2.15 bits per heavy atom. The zero-order chi connectivity index (χ0) is 9.73. The highest BCUT2D eigenvalue weighted by atomic mass is 16.3. The van der Waals surface area contributed by atoms with Crippen molar-refractivity contribution >= 4 is 0 Å². The van der Waals surface area contributed by atoms with Crippen LogP contribution in [0.4, 0.5) is 0 Å². The molecule has 0 atom stereocenters. The van der Waals surface area contributed by atoms with E-state index in [1.165, 1.54) is 0 Å². The van der Waals surface area contributed by atoms with Gasteiger partial charge in [0, 0.05) is 6.42 Å². The van der Waals surface area contributed by atoms with Crippen LogP contribution in [0.5, 0.6) is 0 Å². The van der Waals surface area contributed by atoms with Gasteiger partial charge in [-0.15, -0.1) is 0 Å². The average molecular weight is 172 g/mol. The monoisotopic (exact) mass is 172 g/mol. The van der Waals surface area contributed by atoms with Crippen LogP contribution < -0.4 is 0 Å². The minimum atomic E-state index is -1.90. The molecule has 0 saturated heterocycles. The summed E-state index contributed by atoms with van der Waals surface area (Å²) in [6, 6.07) is 12.1. The average Bonchev–Trinajstić information content (AvgIpc) is 2.19. The van der Waals surface area contributed by atoms with E-state index in [9.17, 15) is 5.11 Å². The van der Waals surface area contributed by atoms with Crippen molar-refractivity contribution < 1.29 is 5.11 Å². The van der Waals surface area contributed by atoms with Crippen LogP contribution in [-0.2, 0) is 6.42 Å². The molecule has 0 aliphatic heterocycles. The Morgan fingerprint density at radius 2 is 1.69 bits per heavy atom. The van der Waals surface area contributed by atoms with Crippen molar-refractivity contribution in [2.24, 2.45) is 0 Å². The fourth-order valence-electron chi connectivity index (χ4n) is 0.995. The normalized spacial score (nSPS) is 10.1. The molecule has 3 nitrogen and oxygen atoms in total. The van der Waals surface area contributed by atoms with Crippen LogP contribution in [0.15, 0.2) is 30.3 Å². The van der Waals surface area contributed by atoms with Gasteiger partial charge in [0.05, 0.1) is 0 Å². The number of aliphatic hydroxyl groups is 1. The first-order valence-corrected chi connectivity index (χ1v) is 3.79. The predicted octanol–water partition coefficient (Wildman–Crippen LogP) is 1.01. The van der Waals surface area contributed by atoms with Gasteiger partial charge in [0.25, 0.3) is 0 Å². The van der Waals surface area contributed by atoms with Gasteiger partial charge in [-0.2, -0.15) is 10.5 Å². The summed E-state index contributed by atoms with van der Waals surface area (Å²) in [6.07, 6.45) is 0.0425. The Hall–Kier alpha value is -1.84. The van der Waals surface area contributed by atoms with Crippen molar-refractivity contribution in [2.75, 3.05) is 0 Å². The molecule has 13 heavy (non-hydrogen) atoms. The lowest BCUT2D eigenvalue weighted by molar-refractivity contribution is 0.159. The zero-order valence-corrected chi connectivity index (χ0v) is 6.94. The Morgan fingerprint density at radius 1 is 1.15 bits per heavy atom. The summed E-state index contributed by atoms with van der Waals surface area (Å²) < 4.78 is 0. The highest BCUT2D eigenvalue weighted by molar-refractivity contribution is 5.25. The summed E-state index contributed by atoms with van der Waals surface area (Å²) in [5.41, 5.74) is -1.13. The van der Waals surface area contributed by atoms with Crippen molar-refractivity contribution in [1.82, 2.24) is 0 Å². The Bertz CT molecular complexity index is 345. The van der Waals surface area contributed by atoms with Crippen molar-refractivity contribution in [2.45, 2.75) is 12.0 Å². The van der Waals surface area contributed by atoms with E-state index in [4.69, 9.17) is 10.5 Å². The molecule has 0 aromatic heterocycles. The van der Waals surface area contributed by atoms with Gasteiger partial charge in [0.2, 0.25) is 5.60 Å². The molecule has 0 amide bonds. The molecule has 1 aromatic carbocycles. The maximum atomic E-state index is 9.36. The molecule has 0 bridgehead atoms. The molecule has 0 saturated carbocycles. The first-order valence-electron chi connectivity index (χ1n) is 3.79. The molecule has 1 aromatic rings. The van der Waals surface area contributed by atoms with Crippen LogP contribution in [0.3, 0.4) is 0 Å². The lowest BCUT2D eigenvalue weighted by Crippen LogP contribution is -2.26. The maximum absolute atomic E-state index is 9.36. The highest BCUT2D eigenvalue weighted by Crippen LogP contribution is 2.11. The van der Waals surface area contributed by atoms with Crippen molar-refractivity contribution in [3.8, 4) is 12.1 Å². The Labute approximate surface area is 76.5 Å². The standard InChI is InChI=1S/C10H8N2O/c11-7-10(13,8-12)6-9-4-2-1-3-5-9/h1-5,13H,6H2. The molecule has 0 aliphatic rings. The fourth-order valence-corrected chi connectivity index (χ4v) is 0.995. The lowest BCUT2D eigenvalue weighted by atomic mass is 9.98. The molecular formula is C10H8N2O. The van der Waals surface area contributed by atoms with Crippen LogP contribution >= 0.6 is 0 Å². The summed E-state index contributed by atoms with van der Waals surface area (Å²) in [5, 5.41) is 26.4. The van der Waals surface area contributed by atoms with Crippen molar-refractivity contribution in [3.05, 3.63) is 35.9 Å². The molecule has 3 heteroatoms. The number of nitrogens with zero attached hydrogens (tertiary/aromatic N) is 2.